The van der Waals surface area contributed by atoms with Crippen LogP contribution < -0.4 is 5.56 Å². The second-order valence-corrected chi connectivity index (χ2v) is 5.04. The van der Waals surface area contributed by atoms with E-state index < -0.39 is 5.38 Å². The van der Waals surface area contributed by atoms with Crippen molar-refractivity contribution >= 4 is 28.5 Å². The van der Waals surface area contributed by atoms with Gasteiger partial charge in [0.05, 0.1) is 29.8 Å². The van der Waals surface area contributed by atoms with Crippen LogP contribution in [-0.4, -0.2) is 22.6 Å². The van der Waals surface area contributed by atoms with E-state index in [1.807, 2.05) is 6.07 Å². The Hall–Kier alpha value is -1.88. The smallest absolute Gasteiger partial charge is 0.307 e. The Labute approximate surface area is 121 Å². The third-order valence-corrected chi connectivity index (χ3v) is 3.21. The highest BCUT2D eigenvalue weighted by atomic mass is 35.5. The minimum absolute atomic E-state index is 0.104. The molecule has 106 valence electrons. The highest BCUT2D eigenvalue weighted by Crippen LogP contribution is 2.19. The van der Waals surface area contributed by atoms with Crippen LogP contribution in [0.4, 0.5) is 0 Å². The fourth-order valence-electron chi connectivity index (χ4n) is 2.01. The molecule has 0 N–H and O–H groups in total. The number of nitrogens with zero attached hydrogens (tertiary/aromatic N) is 2. The van der Waals surface area contributed by atoms with Crippen molar-refractivity contribution in [2.75, 3.05) is 7.11 Å². The molecule has 0 aliphatic rings. The van der Waals surface area contributed by atoms with Crippen LogP contribution in [0.5, 0.6) is 0 Å². The molecule has 5 nitrogen and oxygen atoms in total. The van der Waals surface area contributed by atoms with E-state index in [1.54, 1.807) is 25.1 Å². The number of para-hydroxylation sites is 1. The molecule has 1 heterocycles. The first-order chi connectivity index (χ1) is 9.54. The number of benzene rings is 1. The van der Waals surface area contributed by atoms with Gasteiger partial charge in [-0.15, -0.1) is 11.6 Å². The molecule has 0 amide bonds. The molecule has 0 radical (unpaired) electrons. The van der Waals surface area contributed by atoms with Crippen LogP contribution in [0.2, 0.25) is 0 Å². The van der Waals surface area contributed by atoms with Crippen molar-refractivity contribution < 1.29 is 9.53 Å². The zero-order chi connectivity index (χ0) is 14.7. The Morgan fingerprint density at radius 1 is 1.45 bits per heavy atom. The number of rotatable bonds is 4. The van der Waals surface area contributed by atoms with E-state index in [0.29, 0.717) is 16.7 Å². The molecule has 1 aromatic heterocycles. The largest absolute Gasteiger partial charge is 0.469 e. The van der Waals surface area contributed by atoms with Crippen molar-refractivity contribution in [2.24, 2.45) is 0 Å². The highest BCUT2D eigenvalue weighted by Gasteiger charge is 2.15. The average molecular weight is 295 g/mol. The Morgan fingerprint density at radius 3 is 2.80 bits per heavy atom. The summed E-state index contributed by atoms with van der Waals surface area (Å²) in [5, 5.41) is 0.0865. The summed E-state index contributed by atoms with van der Waals surface area (Å²) in [5.41, 5.74) is 0.413. The summed E-state index contributed by atoms with van der Waals surface area (Å²) in [5.74, 6) is 0.0810. The lowest BCUT2D eigenvalue weighted by Gasteiger charge is -2.14. The number of ether oxygens (including phenoxy) is 1. The second-order valence-electron chi connectivity index (χ2n) is 4.39. The van der Waals surface area contributed by atoms with Crippen LogP contribution >= 0.6 is 11.6 Å². The van der Waals surface area contributed by atoms with E-state index in [-0.39, 0.29) is 24.5 Å². The Morgan fingerprint density at radius 2 is 2.15 bits per heavy atom. The molecule has 6 heteroatoms. The third-order valence-electron chi connectivity index (χ3n) is 3.01. The van der Waals surface area contributed by atoms with Gasteiger partial charge < -0.3 is 4.74 Å². The first kappa shape index (κ1) is 14.5. The van der Waals surface area contributed by atoms with E-state index in [9.17, 15) is 9.59 Å². The van der Waals surface area contributed by atoms with Crippen LogP contribution in [0.25, 0.3) is 10.9 Å². The number of fused-ring (bicyclic) bond motifs is 1. The molecule has 0 aliphatic carbocycles. The monoisotopic (exact) mass is 294 g/mol. The number of carbonyl (C=O) groups excluding carboxylic acids is 1. The van der Waals surface area contributed by atoms with Crippen molar-refractivity contribution in [3.63, 3.8) is 0 Å². The van der Waals surface area contributed by atoms with Gasteiger partial charge in [-0.2, -0.15) is 0 Å². The van der Waals surface area contributed by atoms with Crippen LogP contribution in [0, 0.1) is 0 Å². The van der Waals surface area contributed by atoms with Crippen molar-refractivity contribution in [3.05, 3.63) is 40.4 Å². The van der Waals surface area contributed by atoms with Gasteiger partial charge in [-0.05, 0) is 19.1 Å². The van der Waals surface area contributed by atoms with Crippen molar-refractivity contribution in [3.8, 4) is 0 Å². The third kappa shape index (κ3) is 2.82. The summed E-state index contributed by atoms with van der Waals surface area (Å²) in [6.07, 6.45) is 0.104. The normalized spacial score (nSPS) is 12.3. The van der Waals surface area contributed by atoms with E-state index in [4.69, 9.17) is 11.6 Å². The summed E-state index contributed by atoms with van der Waals surface area (Å²) >= 11 is 6.09. The standard InChI is InChI=1S/C14H15ClN2O3/c1-9(15)13-16-11-6-4-3-5-10(11)14(19)17(13)8-7-12(18)20-2/h3-6,9H,7-8H2,1-2H3. The summed E-state index contributed by atoms with van der Waals surface area (Å²) < 4.78 is 6.03. The van der Waals surface area contributed by atoms with E-state index in [1.165, 1.54) is 11.7 Å². The zero-order valence-corrected chi connectivity index (χ0v) is 12.1. The number of aromatic nitrogens is 2. The molecule has 20 heavy (non-hydrogen) atoms. The number of methoxy groups -OCH3 is 1. The highest BCUT2D eigenvalue weighted by molar-refractivity contribution is 6.20. The second kappa shape index (κ2) is 6.05. The molecule has 2 aromatic rings. The number of carbonyl (C=O) groups is 1. The average Bonchev–Trinajstić information content (AvgIpc) is 2.45. The Bertz CT molecular complexity index is 694. The lowest BCUT2D eigenvalue weighted by atomic mass is 10.2. The lowest BCUT2D eigenvalue weighted by Crippen LogP contribution is -2.27. The van der Waals surface area contributed by atoms with Gasteiger partial charge in [0.1, 0.15) is 5.82 Å². The zero-order valence-electron chi connectivity index (χ0n) is 11.3. The van der Waals surface area contributed by atoms with Gasteiger partial charge in [0, 0.05) is 6.54 Å². The molecule has 0 aliphatic heterocycles. The molecular formula is C14H15ClN2O3. The van der Waals surface area contributed by atoms with Gasteiger partial charge in [-0.1, -0.05) is 12.1 Å². The van der Waals surface area contributed by atoms with Crippen LogP contribution in [0.1, 0.15) is 24.5 Å². The van der Waals surface area contributed by atoms with Crippen molar-refractivity contribution in [1.82, 2.24) is 9.55 Å². The fourth-order valence-corrected chi connectivity index (χ4v) is 2.18. The van der Waals surface area contributed by atoms with Gasteiger partial charge in [-0.25, -0.2) is 4.98 Å². The van der Waals surface area contributed by atoms with Crippen LogP contribution in [0.3, 0.4) is 0 Å². The van der Waals surface area contributed by atoms with Gasteiger partial charge in [0.25, 0.3) is 5.56 Å². The number of alkyl halides is 1. The summed E-state index contributed by atoms with van der Waals surface area (Å²) in [6, 6.07) is 7.07. The molecule has 1 aromatic carbocycles. The molecular weight excluding hydrogens is 280 g/mol. The number of hydrogen-bond donors (Lipinski definition) is 0. The van der Waals surface area contributed by atoms with Gasteiger partial charge >= 0.3 is 5.97 Å². The van der Waals surface area contributed by atoms with Gasteiger partial charge in [0.2, 0.25) is 0 Å². The quantitative estimate of drug-likeness (QED) is 0.641. The van der Waals surface area contributed by atoms with Crippen molar-refractivity contribution in [2.45, 2.75) is 25.3 Å². The number of halogens is 1. The molecule has 2 rings (SSSR count). The van der Waals surface area contributed by atoms with Crippen LogP contribution in [0.15, 0.2) is 29.1 Å². The molecule has 1 unspecified atom stereocenters. The topological polar surface area (TPSA) is 61.2 Å². The summed E-state index contributed by atoms with van der Waals surface area (Å²) in [4.78, 5) is 28.1. The molecule has 0 bridgehead atoms. The lowest BCUT2D eigenvalue weighted by molar-refractivity contribution is -0.140. The Kier molecular flexibility index (Phi) is 4.39. The summed E-state index contributed by atoms with van der Waals surface area (Å²) in [7, 11) is 1.31. The van der Waals surface area contributed by atoms with E-state index in [2.05, 4.69) is 9.72 Å². The maximum atomic E-state index is 12.5. The minimum atomic E-state index is -0.426. The van der Waals surface area contributed by atoms with Crippen LogP contribution in [-0.2, 0) is 16.1 Å². The van der Waals surface area contributed by atoms with Gasteiger partial charge in [0.15, 0.2) is 0 Å². The first-order valence-corrected chi connectivity index (χ1v) is 6.68. The molecule has 0 spiro atoms. The molecule has 0 saturated heterocycles. The summed E-state index contributed by atoms with van der Waals surface area (Å²) in [6.45, 7) is 1.95. The maximum absolute atomic E-state index is 12.5. The van der Waals surface area contributed by atoms with Crippen molar-refractivity contribution in [1.29, 1.82) is 0 Å². The molecule has 0 saturated carbocycles. The molecule has 1 atom stereocenters. The Balaban J connectivity index is 2.55. The maximum Gasteiger partial charge on any atom is 0.307 e. The predicted octanol–water partition coefficient (Wildman–Crippen LogP) is 2.26. The SMILES string of the molecule is COC(=O)CCn1c(C(C)Cl)nc2ccccc2c1=O. The minimum Gasteiger partial charge on any atom is -0.469 e. The van der Waals surface area contributed by atoms with E-state index >= 15 is 0 Å². The number of esters is 1. The molecule has 0 fully saturated rings. The van der Waals surface area contributed by atoms with Gasteiger partial charge in [-0.3, -0.25) is 14.2 Å². The fraction of sp³-hybridized carbons (Fsp3) is 0.357. The van der Waals surface area contributed by atoms with E-state index in [0.717, 1.165) is 0 Å². The predicted molar refractivity (Wildman–Crippen MR) is 76.9 cm³/mol. The number of hydrogen-bond acceptors (Lipinski definition) is 4. The first-order valence-electron chi connectivity index (χ1n) is 6.25.